The van der Waals surface area contributed by atoms with E-state index in [1.54, 1.807) is 10.6 Å². The molecule has 1 saturated heterocycles. The minimum absolute atomic E-state index is 0.0735. The Morgan fingerprint density at radius 2 is 1.83 bits per heavy atom. The molecule has 0 saturated carbocycles. The molecule has 0 amide bonds. The highest BCUT2D eigenvalue weighted by atomic mass is 16.1. The zero-order chi connectivity index (χ0) is 20.5. The third kappa shape index (κ3) is 3.66. The van der Waals surface area contributed by atoms with Crippen molar-refractivity contribution in [3.05, 3.63) is 77.0 Å². The van der Waals surface area contributed by atoms with Crippen LogP contribution in [0.15, 0.2) is 65.8 Å². The van der Waals surface area contributed by atoms with Crippen molar-refractivity contribution in [2.45, 2.75) is 26.3 Å². The molecule has 30 heavy (non-hydrogen) atoms. The number of rotatable bonds is 5. The number of aryl methyl sites for hydroxylation is 1. The van der Waals surface area contributed by atoms with Gasteiger partial charge in [0.15, 0.2) is 0 Å². The Morgan fingerprint density at radius 1 is 0.967 bits per heavy atom. The monoisotopic (exact) mass is 399 g/mol. The van der Waals surface area contributed by atoms with E-state index in [0.717, 1.165) is 46.5 Å². The van der Waals surface area contributed by atoms with Crippen molar-refractivity contribution in [2.24, 2.45) is 0 Å². The lowest BCUT2D eigenvalue weighted by Crippen LogP contribution is -2.24. The van der Waals surface area contributed by atoms with Gasteiger partial charge in [-0.3, -0.25) is 19.0 Å². The minimum atomic E-state index is -0.0735. The van der Waals surface area contributed by atoms with Crippen molar-refractivity contribution < 1.29 is 0 Å². The van der Waals surface area contributed by atoms with E-state index in [-0.39, 0.29) is 5.56 Å². The van der Waals surface area contributed by atoms with Crippen LogP contribution in [0, 0.1) is 6.92 Å². The first-order valence-corrected chi connectivity index (χ1v) is 10.5. The first kappa shape index (κ1) is 18.8. The third-order valence-electron chi connectivity index (χ3n) is 5.86. The molecule has 1 aromatic carbocycles. The van der Waals surface area contributed by atoms with Gasteiger partial charge in [-0.05, 0) is 68.8 Å². The number of fused-ring (bicyclic) bond motifs is 1. The van der Waals surface area contributed by atoms with E-state index >= 15 is 0 Å². The van der Waals surface area contributed by atoms with Gasteiger partial charge in [0.05, 0.1) is 24.0 Å². The lowest BCUT2D eigenvalue weighted by Gasteiger charge is -2.14. The zero-order valence-electron chi connectivity index (χ0n) is 17.2. The molecule has 4 heterocycles. The Labute approximate surface area is 175 Å². The maximum Gasteiger partial charge on any atom is 0.255 e. The first-order chi connectivity index (χ1) is 14.7. The van der Waals surface area contributed by atoms with Crippen molar-refractivity contribution >= 4 is 10.9 Å². The molecule has 152 valence electrons. The smallest absolute Gasteiger partial charge is 0.255 e. The van der Waals surface area contributed by atoms with Gasteiger partial charge in [-0.2, -0.15) is 5.10 Å². The summed E-state index contributed by atoms with van der Waals surface area (Å²) < 4.78 is 3.73. The number of benzene rings is 1. The summed E-state index contributed by atoms with van der Waals surface area (Å²) in [5, 5.41) is 5.62. The van der Waals surface area contributed by atoms with Gasteiger partial charge >= 0.3 is 0 Å². The number of pyridine rings is 2. The third-order valence-corrected chi connectivity index (χ3v) is 5.86. The molecule has 0 radical (unpaired) electrons. The Balaban J connectivity index is 1.40. The maximum atomic E-state index is 12.8. The average Bonchev–Trinajstić information content (AvgIpc) is 3.42. The summed E-state index contributed by atoms with van der Waals surface area (Å²) in [4.78, 5) is 19.7. The van der Waals surface area contributed by atoms with E-state index < -0.39 is 0 Å². The number of likely N-dealkylation sites (tertiary alicyclic amines) is 1. The first-order valence-electron chi connectivity index (χ1n) is 10.5. The van der Waals surface area contributed by atoms with E-state index in [4.69, 9.17) is 0 Å². The predicted octanol–water partition coefficient (Wildman–Crippen LogP) is 3.65. The van der Waals surface area contributed by atoms with E-state index in [1.165, 1.54) is 25.9 Å². The van der Waals surface area contributed by atoms with E-state index in [0.29, 0.717) is 0 Å². The predicted molar refractivity (Wildman–Crippen MR) is 119 cm³/mol. The molecule has 6 nitrogen and oxygen atoms in total. The molecule has 0 atom stereocenters. The van der Waals surface area contributed by atoms with Gasteiger partial charge in [0, 0.05) is 41.6 Å². The molecule has 1 aliphatic rings. The second kappa shape index (κ2) is 7.88. The summed E-state index contributed by atoms with van der Waals surface area (Å²) in [6, 6.07) is 13.6. The molecule has 0 bridgehead atoms. The highest BCUT2D eigenvalue weighted by molar-refractivity contribution is 5.81. The van der Waals surface area contributed by atoms with Gasteiger partial charge in [-0.15, -0.1) is 0 Å². The van der Waals surface area contributed by atoms with Crippen LogP contribution in [0.1, 0.15) is 18.4 Å². The lowest BCUT2D eigenvalue weighted by atomic mass is 10.1. The Bertz CT molecular complexity index is 1230. The molecule has 1 aliphatic heterocycles. The molecular formula is C24H25N5O. The number of aromatic nitrogens is 4. The van der Waals surface area contributed by atoms with Crippen molar-refractivity contribution in [1.82, 2.24) is 24.2 Å². The van der Waals surface area contributed by atoms with Crippen LogP contribution in [0.5, 0.6) is 0 Å². The molecule has 1 fully saturated rings. The Morgan fingerprint density at radius 3 is 2.60 bits per heavy atom. The molecule has 0 unspecified atom stereocenters. The molecule has 0 aliphatic carbocycles. The van der Waals surface area contributed by atoms with Gasteiger partial charge < -0.3 is 4.90 Å². The van der Waals surface area contributed by atoms with Gasteiger partial charge in [0.1, 0.15) is 0 Å². The van der Waals surface area contributed by atoms with Gasteiger partial charge in [-0.1, -0.05) is 6.07 Å². The number of hydrogen-bond donors (Lipinski definition) is 0. The molecule has 5 rings (SSSR count). The van der Waals surface area contributed by atoms with Crippen molar-refractivity contribution in [3.8, 4) is 16.9 Å². The number of hydrogen-bond acceptors (Lipinski definition) is 4. The second-order valence-corrected chi connectivity index (χ2v) is 8.00. The average molecular weight is 399 g/mol. The van der Waals surface area contributed by atoms with Crippen LogP contribution in [-0.2, 0) is 6.54 Å². The van der Waals surface area contributed by atoms with Crippen LogP contribution in [-0.4, -0.2) is 43.9 Å². The van der Waals surface area contributed by atoms with Crippen LogP contribution in [0.4, 0.5) is 0 Å². The van der Waals surface area contributed by atoms with E-state index in [1.807, 2.05) is 55.8 Å². The normalized spacial score (nSPS) is 14.6. The summed E-state index contributed by atoms with van der Waals surface area (Å²) in [6.45, 7) is 6.31. The van der Waals surface area contributed by atoms with Crippen molar-refractivity contribution in [3.63, 3.8) is 0 Å². The van der Waals surface area contributed by atoms with Crippen LogP contribution in [0.25, 0.3) is 27.8 Å². The molecule has 0 N–H and O–H groups in total. The quantitative estimate of drug-likeness (QED) is 0.514. The second-order valence-electron chi connectivity index (χ2n) is 8.00. The standard InChI is InChI=1S/C24H25N5O/c1-18-4-6-22(25-16-18)19-8-11-28(24(30)15-19)21-5-7-23-20(14-21)17-26-29(23)13-12-27-9-2-3-10-27/h4-8,11,14-17H,2-3,9-10,12-13H2,1H3. The molecular weight excluding hydrogens is 374 g/mol. The summed E-state index contributed by atoms with van der Waals surface area (Å²) >= 11 is 0. The highest BCUT2D eigenvalue weighted by Crippen LogP contribution is 2.20. The fraction of sp³-hybridized carbons (Fsp3) is 0.292. The van der Waals surface area contributed by atoms with Crippen LogP contribution < -0.4 is 5.56 Å². The molecule has 3 aromatic heterocycles. The van der Waals surface area contributed by atoms with Crippen molar-refractivity contribution in [1.29, 1.82) is 0 Å². The largest absolute Gasteiger partial charge is 0.301 e. The maximum absolute atomic E-state index is 12.8. The van der Waals surface area contributed by atoms with Gasteiger partial charge in [-0.25, -0.2) is 0 Å². The Hall–Kier alpha value is -3.25. The fourth-order valence-electron chi connectivity index (χ4n) is 4.14. The lowest BCUT2D eigenvalue weighted by molar-refractivity contribution is 0.318. The van der Waals surface area contributed by atoms with Gasteiger partial charge in [0.2, 0.25) is 0 Å². The highest BCUT2D eigenvalue weighted by Gasteiger charge is 2.12. The topological polar surface area (TPSA) is 56.0 Å². The SMILES string of the molecule is Cc1ccc(-c2ccn(-c3ccc4c(cnn4CCN4CCCC4)c3)c(=O)c2)nc1. The summed E-state index contributed by atoms with van der Waals surface area (Å²) in [6.07, 6.45) is 8.13. The summed E-state index contributed by atoms with van der Waals surface area (Å²) in [5.74, 6) is 0. The zero-order valence-corrected chi connectivity index (χ0v) is 17.2. The van der Waals surface area contributed by atoms with Crippen LogP contribution in [0.2, 0.25) is 0 Å². The van der Waals surface area contributed by atoms with Crippen molar-refractivity contribution in [2.75, 3.05) is 19.6 Å². The van der Waals surface area contributed by atoms with E-state index in [9.17, 15) is 4.79 Å². The Kier molecular flexibility index (Phi) is 4.93. The summed E-state index contributed by atoms with van der Waals surface area (Å²) in [7, 11) is 0. The molecule has 0 spiro atoms. The number of nitrogens with zero attached hydrogens (tertiary/aromatic N) is 5. The minimum Gasteiger partial charge on any atom is -0.301 e. The van der Waals surface area contributed by atoms with Crippen LogP contribution in [0.3, 0.4) is 0 Å². The van der Waals surface area contributed by atoms with Crippen LogP contribution >= 0.6 is 0 Å². The molecule has 4 aromatic rings. The summed E-state index contributed by atoms with van der Waals surface area (Å²) in [5.41, 5.74) is 4.60. The van der Waals surface area contributed by atoms with Gasteiger partial charge in [0.25, 0.3) is 5.56 Å². The molecule has 6 heteroatoms. The fourth-order valence-corrected chi connectivity index (χ4v) is 4.14. The van der Waals surface area contributed by atoms with E-state index in [2.05, 4.69) is 25.7 Å².